The second kappa shape index (κ2) is 14.3. The van der Waals surface area contributed by atoms with Crippen molar-refractivity contribution in [3.05, 3.63) is 0 Å². The van der Waals surface area contributed by atoms with Crippen LogP contribution in [0.2, 0.25) is 0 Å². The van der Waals surface area contributed by atoms with Gasteiger partial charge in [-0.1, -0.05) is 132 Å². The molecule has 0 nitrogen and oxygen atoms in total. The van der Waals surface area contributed by atoms with Gasteiger partial charge in [0.25, 0.3) is 0 Å². The number of rotatable bonds is 4. The van der Waals surface area contributed by atoms with Gasteiger partial charge in [-0.25, -0.2) is 0 Å². The Hall–Kier alpha value is 0. The summed E-state index contributed by atoms with van der Waals surface area (Å²) in [5, 5.41) is 0. The Bertz CT molecular complexity index is 445. The topological polar surface area (TPSA) is 0 Å². The van der Waals surface area contributed by atoms with E-state index in [0.717, 1.165) is 53.3 Å². The van der Waals surface area contributed by atoms with Crippen molar-refractivity contribution in [1.82, 2.24) is 0 Å². The smallest absolute Gasteiger partial charge is 0.0360 e. The van der Waals surface area contributed by atoms with Crippen LogP contribution in [0.25, 0.3) is 0 Å². The summed E-state index contributed by atoms with van der Waals surface area (Å²) in [6.45, 7) is 16.9. The molecule has 4 aliphatic carbocycles. The zero-order valence-corrected chi connectivity index (χ0v) is 22.8. The highest BCUT2D eigenvalue weighted by Crippen LogP contribution is 2.43. The van der Waals surface area contributed by atoms with Crippen molar-refractivity contribution in [2.24, 2.45) is 53.3 Å². The maximum absolute atomic E-state index is 2.48. The van der Waals surface area contributed by atoms with E-state index in [2.05, 4.69) is 48.5 Å². The van der Waals surface area contributed by atoms with Crippen molar-refractivity contribution in [3.63, 3.8) is 0 Å². The van der Waals surface area contributed by atoms with E-state index in [1.807, 2.05) is 0 Å². The highest BCUT2D eigenvalue weighted by Gasteiger charge is 2.32. The van der Waals surface area contributed by atoms with Crippen molar-refractivity contribution >= 4 is 0 Å². The largest absolute Gasteiger partial charge is 0.0654 e. The molecule has 0 radical (unpaired) electrons. The van der Waals surface area contributed by atoms with Gasteiger partial charge in [-0.05, 0) is 66.1 Å². The van der Waals surface area contributed by atoms with Gasteiger partial charge >= 0.3 is 0 Å². The van der Waals surface area contributed by atoms with Crippen molar-refractivity contribution < 1.29 is 0 Å². The molecule has 0 heteroatoms. The molecule has 4 fully saturated rings. The Morgan fingerprint density at radius 1 is 0.581 bits per heavy atom. The van der Waals surface area contributed by atoms with Crippen LogP contribution in [0.15, 0.2) is 0 Å². The van der Waals surface area contributed by atoms with E-state index in [-0.39, 0.29) is 0 Å². The predicted octanol–water partition coefficient (Wildman–Crippen LogP) is 10.6. The van der Waals surface area contributed by atoms with Gasteiger partial charge < -0.3 is 0 Å². The summed E-state index contributed by atoms with van der Waals surface area (Å²) in [5.74, 6) is 9.25. The summed E-state index contributed by atoms with van der Waals surface area (Å²) in [6.07, 6.45) is 22.4. The zero-order chi connectivity index (χ0) is 22.8. The first-order valence-electron chi connectivity index (χ1n) is 14.8. The molecule has 0 amide bonds. The zero-order valence-electron chi connectivity index (χ0n) is 22.8. The molecular formula is C31H60. The van der Waals surface area contributed by atoms with E-state index in [9.17, 15) is 0 Å². The molecular weight excluding hydrogens is 372 g/mol. The summed E-state index contributed by atoms with van der Waals surface area (Å²) in [7, 11) is 0. The fraction of sp³-hybridized carbons (Fsp3) is 1.00. The first kappa shape index (κ1) is 27.2. The first-order valence-corrected chi connectivity index (χ1v) is 14.8. The third-order valence-corrected chi connectivity index (χ3v) is 10.5. The van der Waals surface area contributed by atoms with Crippen LogP contribution in [-0.4, -0.2) is 0 Å². The Morgan fingerprint density at radius 3 is 1.65 bits per heavy atom. The Balaban J connectivity index is 0.000000172. The van der Waals surface area contributed by atoms with Gasteiger partial charge in [0.2, 0.25) is 0 Å². The number of hydrogen-bond acceptors (Lipinski definition) is 0. The quantitative estimate of drug-likeness (QED) is 0.414. The summed E-state index contributed by atoms with van der Waals surface area (Å²) in [5.41, 5.74) is 0. The average molecular weight is 433 g/mol. The SMILES string of the molecule is CC1CCCC1C.CC1CCCCC2CCCC12.CCCC(C)C(C)C1CCCC1C. The molecule has 0 heterocycles. The van der Waals surface area contributed by atoms with Gasteiger partial charge in [0.15, 0.2) is 0 Å². The minimum Gasteiger partial charge on any atom is -0.0654 e. The maximum Gasteiger partial charge on any atom is -0.0360 e. The normalized spacial score (nSPS) is 39.4. The van der Waals surface area contributed by atoms with E-state index >= 15 is 0 Å². The predicted molar refractivity (Wildman–Crippen MR) is 140 cm³/mol. The molecule has 0 saturated heterocycles. The molecule has 0 aromatic heterocycles. The van der Waals surface area contributed by atoms with Gasteiger partial charge in [-0.2, -0.15) is 0 Å². The van der Waals surface area contributed by atoms with Crippen LogP contribution in [0.4, 0.5) is 0 Å². The monoisotopic (exact) mass is 432 g/mol. The van der Waals surface area contributed by atoms with Crippen LogP contribution in [0.5, 0.6) is 0 Å². The van der Waals surface area contributed by atoms with E-state index in [0.29, 0.717) is 0 Å². The van der Waals surface area contributed by atoms with Crippen molar-refractivity contribution in [1.29, 1.82) is 0 Å². The Kier molecular flexibility index (Phi) is 12.6. The average Bonchev–Trinajstić information content (AvgIpc) is 3.46. The van der Waals surface area contributed by atoms with E-state index in [4.69, 9.17) is 0 Å². The van der Waals surface area contributed by atoms with E-state index < -0.39 is 0 Å². The molecule has 0 spiro atoms. The Morgan fingerprint density at radius 2 is 1.10 bits per heavy atom. The molecule has 0 aromatic rings. The lowest BCUT2D eigenvalue weighted by Gasteiger charge is -2.28. The van der Waals surface area contributed by atoms with Crippen LogP contribution >= 0.6 is 0 Å². The second-order valence-corrected chi connectivity index (χ2v) is 12.7. The van der Waals surface area contributed by atoms with Crippen LogP contribution in [0.3, 0.4) is 0 Å². The fourth-order valence-corrected chi connectivity index (χ4v) is 7.69. The van der Waals surface area contributed by atoms with Crippen LogP contribution in [0.1, 0.15) is 145 Å². The third kappa shape index (κ3) is 8.70. The molecule has 9 atom stereocenters. The first-order chi connectivity index (χ1) is 14.8. The number of fused-ring (bicyclic) bond motifs is 1. The van der Waals surface area contributed by atoms with Crippen molar-refractivity contribution in [3.8, 4) is 0 Å². The van der Waals surface area contributed by atoms with Crippen LogP contribution < -0.4 is 0 Å². The molecule has 0 N–H and O–H groups in total. The van der Waals surface area contributed by atoms with E-state index in [1.54, 1.807) is 19.3 Å². The minimum atomic E-state index is 0.940. The summed E-state index contributed by atoms with van der Waals surface area (Å²) >= 11 is 0. The molecule has 31 heavy (non-hydrogen) atoms. The maximum atomic E-state index is 2.48. The molecule has 9 unspecified atom stereocenters. The number of hydrogen-bond donors (Lipinski definition) is 0. The van der Waals surface area contributed by atoms with Gasteiger partial charge in [-0.3, -0.25) is 0 Å². The standard InChI is InChI=1S/C13H26.C11H20.C7H14/c1-5-7-10(2)12(4)13-9-6-8-11(13)3;1-9-5-2-3-6-10-7-4-8-11(9)10;1-6-4-3-5-7(6)2/h10-13H,5-9H2,1-4H3;9-11H,2-8H2,1H3;6-7H,3-5H2,1-2H3. The highest BCUT2D eigenvalue weighted by molar-refractivity contribution is 4.83. The van der Waals surface area contributed by atoms with Crippen LogP contribution in [-0.2, 0) is 0 Å². The summed E-state index contributed by atoms with van der Waals surface area (Å²) in [6, 6.07) is 0. The van der Waals surface area contributed by atoms with Gasteiger partial charge in [-0.15, -0.1) is 0 Å². The summed E-state index contributed by atoms with van der Waals surface area (Å²) in [4.78, 5) is 0. The minimum absolute atomic E-state index is 0.940. The highest BCUT2D eigenvalue weighted by atomic mass is 14.4. The lowest BCUT2D eigenvalue weighted by Crippen LogP contribution is -2.20. The van der Waals surface area contributed by atoms with Gasteiger partial charge in [0.1, 0.15) is 0 Å². The molecule has 184 valence electrons. The fourth-order valence-electron chi connectivity index (χ4n) is 7.69. The van der Waals surface area contributed by atoms with Crippen molar-refractivity contribution in [2.45, 2.75) is 145 Å². The van der Waals surface area contributed by atoms with Crippen molar-refractivity contribution in [2.75, 3.05) is 0 Å². The lowest BCUT2D eigenvalue weighted by molar-refractivity contribution is 0.211. The van der Waals surface area contributed by atoms with E-state index in [1.165, 1.54) is 77.0 Å². The Labute approximate surface area is 198 Å². The van der Waals surface area contributed by atoms with Gasteiger partial charge in [0, 0.05) is 0 Å². The van der Waals surface area contributed by atoms with Crippen LogP contribution in [0, 0.1) is 53.3 Å². The summed E-state index contributed by atoms with van der Waals surface area (Å²) < 4.78 is 0. The molecule has 4 saturated carbocycles. The third-order valence-electron chi connectivity index (χ3n) is 10.5. The van der Waals surface area contributed by atoms with Gasteiger partial charge in [0.05, 0.1) is 0 Å². The molecule has 0 aromatic carbocycles. The second-order valence-electron chi connectivity index (χ2n) is 12.7. The molecule has 0 aliphatic heterocycles. The molecule has 4 rings (SSSR count). The molecule has 4 aliphatic rings. The lowest BCUT2D eigenvalue weighted by atomic mass is 9.77. The molecule has 0 bridgehead atoms.